The number of carbonyl (C=O) groups excluding carboxylic acids is 3. The number of nitriles is 1. The molecule has 1 aromatic rings. The number of methoxy groups -OCH3 is 1. The monoisotopic (exact) mass is 319 g/mol. The number of rotatable bonds is 8. The van der Waals surface area contributed by atoms with E-state index in [4.69, 9.17) is 14.7 Å². The van der Waals surface area contributed by atoms with Crippen LogP contribution in [0.5, 0.6) is 5.75 Å². The minimum absolute atomic E-state index is 0.0640. The van der Waals surface area contributed by atoms with Gasteiger partial charge >= 0.3 is 5.97 Å². The van der Waals surface area contributed by atoms with Crippen LogP contribution in [0.15, 0.2) is 12.3 Å². The van der Waals surface area contributed by atoms with Crippen LogP contribution < -0.4 is 10.1 Å². The van der Waals surface area contributed by atoms with Gasteiger partial charge < -0.3 is 14.8 Å². The van der Waals surface area contributed by atoms with Crippen molar-refractivity contribution in [3.8, 4) is 11.8 Å². The van der Waals surface area contributed by atoms with Gasteiger partial charge in [-0.15, -0.1) is 0 Å². The van der Waals surface area contributed by atoms with Crippen LogP contribution in [0, 0.1) is 11.3 Å². The lowest BCUT2D eigenvalue weighted by Crippen LogP contribution is -2.23. The molecule has 23 heavy (non-hydrogen) atoms. The first-order valence-corrected chi connectivity index (χ1v) is 6.95. The predicted molar refractivity (Wildman–Crippen MR) is 79.6 cm³/mol. The van der Waals surface area contributed by atoms with Crippen molar-refractivity contribution in [3.05, 3.63) is 18.0 Å². The molecule has 8 nitrogen and oxygen atoms in total. The van der Waals surface area contributed by atoms with E-state index >= 15 is 0 Å². The molecule has 0 unspecified atom stereocenters. The number of nitrogens with one attached hydrogen (secondary N) is 1. The fourth-order valence-electron chi connectivity index (χ4n) is 1.69. The lowest BCUT2D eigenvalue weighted by molar-refractivity contribution is -0.143. The molecule has 0 saturated carbocycles. The van der Waals surface area contributed by atoms with E-state index in [0.29, 0.717) is 0 Å². The van der Waals surface area contributed by atoms with Crippen LogP contribution in [0.1, 0.15) is 31.9 Å². The number of pyridine rings is 1. The number of ether oxygens (including phenoxy) is 2. The van der Waals surface area contributed by atoms with Crippen molar-refractivity contribution in [2.45, 2.75) is 26.2 Å². The number of ketones is 1. The van der Waals surface area contributed by atoms with Crippen molar-refractivity contribution >= 4 is 23.3 Å². The summed E-state index contributed by atoms with van der Waals surface area (Å²) < 4.78 is 9.69. The molecule has 0 atom stereocenters. The third kappa shape index (κ3) is 5.74. The van der Waals surface area contributed by atoms with E-state index in [0.717, 1.165) is 0 Å². The smallest absolute Gasteiger partial charge is 0.305 e. The van der Waals surface area contributed by atoms with E-state index in [2.05, 4.69) is 10.3 Å². The molecule has 8 heteroatoms. The summed E-state index contributed by atoms with van der Waals surface area (Å²) in [6.45, 7) is 1.97. The lowest BCUT2D eigenvalue weighted by Gasteiger charge is -2.07. The Labute approximate surface area is 133 Å². The highest BCUT2D eigenvalue weighted by molar-refractivity contribution is 6.40. The molecule has 1 rings (SSSR count). The Kier molecular flexibility index (Phi) is 7.20. The topological polar surface area (TPSA) is 118 Å². The Bertz CT molecular complexity index is 636. The fraction of sp³-hybridized carbons (Fsp3) is 0.400. The number of anilines is 1. The molecular formula is C15H17N3O5. The molecule has 1 N–H and O–H groups in total. The summed E-state index contributed by atoms with van der Waals surface area (Å²) in [4.78, 5) is 38.4. The molecule has 1 heterocycles. The molecule has 122 valence electrons. The summed E-state index contributed by atoms with van der Waals surface area (Å²) in [5, 5.41) is 11.2. The van der Waals surface area contributed by atoms with Crippen molar-refractivity contribution in [1.82, 2.24) is 4.98 Å². The Morgan fingerprint density at radius 2 is 2.09 bits per heavy atom. The number of nitrogens with zero attached hydrogens (tertiary/aromatic N) is 2. The van der Waals surface area contributed by atoms with Crippen molar-refractivity contribution in [3.63, 3.8) is 0 Å². The van der Waals surface area contributed by atoms with E-state index in [1.54, 1.807) is 6.92 Å². The van der Waals surface area contributed by atoms with Gasteiger partial charge in [0.05, 0.1) is 25.6 Å². The van der Waals surface area contributed by atoms with E-state index in [9.17, 15) is 14.4 Å². The fourth-order valence-corrected chi connectivity index (χ4v) is 1.69. The summed E-state index contributed by atoms with van der Waals surface area (Å²) in [6.07, 6.45) is 1.51. The minimum Gasteiger partial charge on any atom is -0.494 e. The molecule has 0 aliphatic rings. The maximum atomic E-state index is 11.8. The standard InChI is InChI=1S/C15H17N3O5/c1-3-23-14(20)6-4-5-12(19)15(21)18-10-7-13(22-2)11(8-16)17-9-10/h7,9H,3-6H2,1-2H3,(H,18,21). The second kappa shape index (κ2) is 9.15. The first-order valence-electron chi connectivity index (χ1n) is 6.95. The number of hydrogen-bond acceptors (Lipinski definition) is 7. The van der Waals surface area contributed by atoms with Crippen LogP contribution in [0.25, 0.3) is 0 Å². The predicted octanol–water partition coefficient (Wildman–Crippen LogP) is 1.20. The molecule has 1 amide bonds. The van der Waals surface area contributed by atoms with Crippen molar-refractivity contribution in [2.75, 3.05) is 19.0 Å². The Balaban J connectivity index is 2.54. The van der Waals surface area contributed by atoms with Gasteiger partial charge in [-0.25, -0.2) is 4.98 Å². The second-order valence-electron chi connectivity index (χ2n) is 4.42. The SMILES string of the molecule is CCOC(=O)CCCC(=O)C(=O)Nc1cnc(C#N)c(OC)c1. The molecule has 0 bridgehead atoms. The summed E-state index contributed by atoms with van der Waals surface area (Å²) in [5.41, 5.74) is 0.316. The highest BCUT2D eigenvalue weighted by Crippen LogP contribution is 2.19. The van der Waals surface area contributed by atoms with E-state index in [1.807, 2.05) is 6.07 Å². The van der Waals surface area contributed by atoms with Crippen LogP contribution in [0.3, 0.4) is 0 Å². The van der Waals surface area contributed by atoms with Gasteiger partial charge in [0.25, 0.3) is 5.91 Å². The summed E-state index contributed by atoms with van der Waals surface area (Å²) >= 11 is 0. The number of hydrogen-bond donors (Lipinski definition) is 1. The summed E-state index contributed by atoms with van der Waals surface area (Å²) in [6, 6.07) is 3.24. The van der Waals surface area contributed by atoms with Crippen LogP contribution in [0.4, 0.5) is 5.69 Å². The second-order valence-corrected chi connectivity index (χ2v) is 4.42. The Morgan fingerprint density at radius 1 is 1.35 bits per heavy atom. The first kappa shape index (κ1) is 18.1. The van der Waals surface area contributed by atoms with Gasteiger partial charge in [0.15, 0.2) is 11.4 Å². The quantitative estimate of drug-likeness (QED) is 0.565. The number of amides is 1. The molecular weight excluding hydrogens is 302 g/mol. The van der Waals surface area contributed by atoms with Crippen LogP contribution in [-0.4, -0.2) is 36.4 Å². The zero-order valence-electron chi connectivity index (χ0n) is 12.9. The van der Waals surface area contributed by atoms with Crippen molar-refractivity contribution in [1.29, 1.82) is 5.26 Å². The summed E-state index contributed by atoms with van der Waals surface area (Å²) in [5.74, 6) is -1.68. The van der Waals surface area contributed by atoms with E-state index in [-0.39, 0.29) is 43.0 Å². The zero-order chi connectivity index (χ0) is 17.2. The molecule has 0 aliphatic carbocycles. The molecule has 0 aliphatic heterocycles. The van der Waals surface area contributed by atoms with E-state index < -0.39 is 17.7 Å². The normalized spacial score (nSPS) is 9.61. The molecule has 0 fully saturated rings. The highest BCUT2D eigenvalue weighted by atomic mass is 16.5. The molecule has 1 aromatic heterocycles. The van der Waals surface area contributed by atoms with Gasteiger partial charge in [0.2, 0.25) is 5.78 Å². The number of aromatic nitrogens is 1. The lowest BCUT2D eigenvalue weighted by atomic mass is 10.1. The summed E-state index contributed by atoms with van der Waals surface area (Å²) in [7, 11) is 1.37. The third-order valence-electron chi connectivity index (χ3n) is 2.78. The molecule has 0 aromatic carbocycles. The highest BCUT2D eigenvalue weighted by Gasteiger charge is 2.16. The average molecular weight is 319 g/mol. The average Bonchev–Trinajstić information content (AvgIpc) is 2.54. The third-order valence-corrected chi connectivity index (χ3v) is 2.78. The number of esters is 1. The Morgan fingerprint density at radius 3 is 2.70 bits per heavy atom. The van der Waals surface area contributed by atoms with E-state index in [1.165, 1.54) is 19.4 Å². The molecule has 0 spiro atoms. The van der Waals surface area contributed by atoms with Crippen molar-refractivity contribution in [2.24, 2.45) is 0 Å². The zero-order valence-corrected chi connectivity index (χ0v) is 12.9. The van der Waals surface area contributed by atoms with Crippen LogP contribution in [-0.2, 0) is 19.1 Å². The first-order chi connectivity index (χ1) is 11.0. The van der Waals surface area contributed by atoms with Crippen LogP contribution in [0.2, 0.25) is 0 Å². The molecule has 0 saturated heterocycles. The largest absolute Gasteiger partial charge is 0.494 e. The molecule has 0 radical (unpaired) electrons. The van der Waals surface area contributed by atoms with Gasteiger partial charge in [-0.3, -0.25) is 14.4 Å². The number of carbonyl (C=O) groups is 3. The van der Waals surface area contributed by atoms with Crippen LogP contribution >= 0.6 is 0 Å². The maximum absolute atomic E-state index is 11.8. The van der Waals surface area contributed by atoms with Crippen molar-refractivity contribution < 1.29 is 23.9 Å². The Hall–Kier alpha value is -2.95. The maximum Gasteiger partial charge on any atom is 0.305 e. The van der Waals surface area contributed by atoms with Gasteiger partial charge in [-0.05, 0) is 13.3 Å². The van der Waals surface area contributed by atoms with Gasteiger partial charge in [0, 0.05) is 18.9 Å². The van der Waals surface area contributed by atoms with Gasteiger partial charge in [-0.2, -0.15) is 5.26 Å². The number of Topliss-reactive ketones (excluding diaryl/α,β-unsaturated/α-hetero) is 1. The van der Waals surface area contributed by atoms with Gasteiger partial charge in [0.1, 0.15) is 6.07 Å². The minimum atomic E-state index is -0.817. The van der Waals surface area contributed by atoms with Gasteiger partial charge in [-0.1, -0.05) is 0 Å².